The molecule has 1 aliphatic carbocycles. The van der Waals surface area contributed by atoms with Crippen molar-refractivity contribution >= 4 is 10.9 Å². The minimum atomic E-state index is -0.196. The molecule has 1 N–H and O–H groups in total. The van der Waals surface area contributed by atoms with Gasteiger partial charge in [-0.05, 0) is 74.3 Å². The Balaban J connectivity index is 1.29. The quantitative estimate of drug-likeness (QED) is 0.412. The summed E-state index contributed by atoms with van der Waals surface area (Å²) < 4.78 is 13.8. The zero-order valence-corrected chi connectivity index (χ0v) is 18.0. The molecule has 1 saturated carbocycles. The Morgan fingerprint density at radius 1 is 0.968 bits per heavy atom. The molecular formula is C26H27FN4. The lowest BCUT2D eigenvalue weighted by Gasteiger charge is -2.32. The first-order valence-electron chi connectivity index (χ1n) is 11.1. The first-order chi connectivity index (χ1) is 15.1. The number of rotatable bonds is 4. The van der Waals surface area contributed by atoms with Gasteiger partial charge in [0.05, 0.1) is 5.52 Å². The van der Waals surface area contributed by atoms with Gasteiger partial charge in [0.1, 0.15) is 11.6 Å². The number of aromatic nitrogens is 4. The molecule has 0 saturated heterocycles. The summed E-state index contributed by atoms with van der Waals surface area (Å²) in [7, 11) is 0. The van der Waals surface area contributed by atoms with Gasteiger partial charge in [-0.3, -0.25) is 4.98 Å². The van der Waals surface area contributed by atoms with Crippen LogP contribution in [0.25, 0.3) is 22.3 Å². The van der Waals surface area contributed by atoms with Crippen LogP contribution in [-0.2, 0) is 0 Å². The van der Waals surface area contributed by atoms with Gasteiger partial charge < -0.3 is 4.98 Å². The maximum Gasteiger partial charge on any atom is 0.161 e. The molecule has 2 heterocycles. The monoisotopic (exact) mass is 414 g/mol. The number of hydrogen-bond donors (Lipinski definition) is 1. The molecule has 2 aromatic heterocycles. The second-order valence-corrected chi connectivity index (χ2v) is 8.89. The van der Waals surface area contributed by atoms with E-state index in [-0.39, 0.29) is 5.82 Å². The zero-order valence-electron chi connectivity index (χ0n) is 18.0. The fourth-order valence-electron chi connectivity index (χ4n) is 4.97. The van der Waals surface area contributed by atoms with Crippen LogP contribution >= 0.6 is 0 Å². The smallest absolute Gasteiger partial charge is 0.161 e. The first-order valence-corrected chi connectivity index (χ1v) is 11.1. The minimum absolute atomic E-state index is 0.196. The van der Waals surface area contributed by atoms with E-state index in [9.17, 15) is 4.39 Å². The molecule has 5 rings (SSSR count). The number of aromatic amines is 1. The van der Waals surface area contributed by atoms with E-state index in [2.05, 4.69) is 64.3 Å². The van der Waals surface area contributed by atoms with Crippen LogP contribution in [0.5, 0.6) is 0 Å². The molecule has 31 heavy (non-hydrogen) atoms. The summed E-state index contributed by atoms with van der Waals surface area (Å²) >= 11 is 0. The van der Waals surface area contributed by atoms with Gasteiger partial charge in [0.2, 0.25) is 0 Å². The molecule has 4 aromatic rings. The van der Waals surface area contributed by atoms with Crippen molar-refractivity contribution in [3.05, 3.63) is 77.5 Å². The third-order valence-electron chi connectivity index (χ3n) is 6.92. The summed E-state index contributed by atoms with van der Waals surface area (Å²) in [6.07, 6.45) is 6.32. The van der Waals surface area contributed by atoms with E-state index in [1.54, 1.807) is 12.1 Å². The van der Waals surface area contributed by atoms with E-state index in [1.807, 2.05) is 6.20 Å². The number of aryl methyl sites for hydroxylation is 1. The molecule has 5 heteroatoms. The van der Waals surface area contributed by atoms with E-state index < -0.39 is 0 Å². The highest BCUT2D eigenvalue weighted by molar-refractivity contribution is 5.82. The van der Waals surface area contributed by atoms with E-state index in [0.717, 1.165) is 53.8 Å². The van der Waals surface area contributed by atoms with Crippen LogP contribution in [-0.4, -0.2) is 20.2 Å². The highest BCUT2D eigenvalue weighted by atomic mass is 19.1. The predicted octanol–water partition coefficient (Wildman–Crippen LogP) is 6.54. The summed E-state index contributed by atoms with van der Waals surface area (Å²) in [5.74, 6) is 2.96. The molecule has 0 aliphatic heterocycles. The molecule has 0 spiro atoms. The van der Waals surface area contributed by atoms with Gasteiger partial charge in [0.25, 0.3) is 0 Å². The van der Waals surface area contributed by atoms with Gasteiger partial charge in [0.15, 0.2) is 5.82 Å². The van der Waals surface area contributed by atoms with Crippen molar-refractivity contribution in [2.24, 2.45) is 5.92 Å². The van der Waals surface area contributed by atoms with Crippen molar-refractivity contribution < 1.29 is 4.39 Å². The van der Waals surface area contributed by atoms with Crippen molar-refractivity contribution in [1.29, 1.82) is 0 Å². The second-order valence-electron chi connectivity index (χ2n) is 8.89. The SMILES string of the molecule is Cc1ccc(-c2nnc([C@@H](C)C3CCC(c4ccnc5ccc(F)cc45)CC3)[nH]2)cc1. The van der Waals surface area contributed by atoms with Gasteiger partial charge in [-0.15, -0.1) is 10.2 Å². The predicted molar refractivity (Wildman–Crippen MR) is 121 cm³/mol. The molecule has 0 unspecified atom stereocenters. The molecule has 2 aromatic carbocycles. The van der Waals surface area contributed by atoms with E-state index in [0.29, 0.717) is 17.8 Å². The number of hydrogen-bond acceptors (Lipinski definition) is 3. The Morgan fingerprint density at radius 3 is 2.52 bits per heavy atom. The fourth-order valence-corrected chi connectivity index (χ4v) is 4.97. The minimum Gasteiger partial charge on any atom is -0.325 e. The average Bonchev–Trinajstić information content (AvgIpc) is 3.29. The molecule has 0 bridgehead atoms. The summed E-state index contributed by atoms with van der Waals surface area (Å²) in [6, 6.07) is 15.3. The lowest BCUT2D eigenvalue weighted by molar-refractivity contribution is 0.286. The van der Waals surface area contributed by atoms with Gasteiger partial charge in [-0.25, -0.2) is 4.39 Å². The van der Waals surface area contributed by atoms with E-state index in [4.69, 9.17) is 0 Å². The standard InChI is InChI=1S/C26H27FN4/c1-16-3-5-20(6-4-16)26-29-25(30-31-26)17(2)18-7-9-19(10-8-18)22-13-14-28-24-12-11-21(27)15-23(22)24/h3-6,11-15,17-19H,7-10H2,1-2H3,(H,29,30,31)/t17-,18?,19?/m0/s1. The number of nitrogens with zero attached hydrogens (tertiary/aromatic N) is 3. The van der Waals surface area contributed by atoms with Crippen molar-refractivity contribution in [1.82, 2.24) is 20.2 Å². The number of H-pyrrole nitrogens is 1. The van der Waals surface area contributed by atoms with Gasteiger partial charge >= 0.3 is 0 Å². The first kappa shape index (κ1) is 19.9. The molecular weight excluding hydrogens is 387 g/mol. The molecule has 0 amide bonds. The number of halogens is 1. The maximum atomic E-state index is 13.8. The molecule has 0 radical (unpaired) electrons. The van der Waals surface area contributed by atoms with E-state index >= 15 is 0 Å². The van der Waals surface area contributed by atoms with E-state index in [1.165, 1.54) is 17.2 Å². The molecule has 1 aliphatic rings. The van der Waals surface area contributed by atoms with Crippen LogP contribution in [0.1, 0.15) is 61.4 Å². The van der Waals surface area contributed by atoms with Gasteiger partial charge in [-0.1, -0.05) is 36.8 Å². The summed E-state index contributed by atoms with van der Waals surface area (Å²) in [5, 5.41) is 9.81. The number of nitrogens with one attached hydrogen (secondary N) is 1. The Hall–Kier alpha value is -3.08. The number of pyridine rings is 1. The lowest BCUT2D eigenvalue weighted by Crippen LogP contribution is -2.19. The van der Waals surface area contributed by atoms with Gasteiger partial charge in [-0.2, -0.15) is 0 Å². The van der Waals surface area contributed by atoms with Crippen molar-refractivity contribution in [3.63, 3.8) is 0 Å². The highest BCUT2D eigenvalue weighted by Crippen LogP contribution is 2.42. The van der Waals surface area contributed by atoms with Crippen LogP contribution in [0.4, 0.5) is 4.39 Å². The van der Waals surface area contributed by atoms with Crippen molar-refractivity contribution in [2.75, 3.05) is 0 Å². The lowest BCUT2D eigenvalue weighted by atomic mass is 9.73. The molecule has 1 atom stereocenters. The van der Waals surface area contributed by atoms with Gasteiger partial charge in [0, 0.05) is 23.1 Å². The Morgan fingerprint density at radius 2 is 1.74 bits per heavy atom. The molecule has 1 fully saturated rings. The Labute approximate surface area is 182 Å². The average molecular weight is 415 g/mol. The zero-order chi connectivity index (χ0) is 21.4. The number of fused-ring (bicyclic) bond motifs is 1. The van der Waals surface area contributed by atoms with Crippen molar-refractivity contribution in [3.8, 4) is 11.4 Å². The normalized spacial score (nSPS) is 20.1. The topological polar surface area (TPSA) is 54.5 Å². The summed E-state index contributed by atoms with van der Waals surface area (Å²) in [6.45, 7) is 4.33. The van der Waals surface area contributed by atoms with Crippen molar-refractivity contribution in [2.45, 2.75) is 51.4 Å². The molecule has 4 nitrogen and oxygen atoms in total. The Bertz CT molecular complexity index is 1190. The molecule has 158 valence electrons. The maximum absolute atomic E-state index is 13.8. The third kappa shape index (κ3) is 3.97. The highest BCUT2D eigenvalue weighted by Gasteiger charge is 2.29. The third-order valence-corrected chi connectivity index (χ3v) is 6.92. The summed E-state index contributed by atoms with van der Waals surface area (Å²) in [4.78, 5) is 7.85. The van der Waals surface area contributed by atoms with Crippen LogP contribution in [0.3, 0.4) is 0 Å². The van der Waals surface area contributed by atoms with Crippen LogP contribution in [0.2, 0.25) is 0 Å². The summed E-state index contributed by atoms with van der Waals surface area (Å²) in [5.41, 5.74) is 4.41. The number of benzene rings is 2. The largest absolute Gasteiger partial charge is 0.325 e. The van der Waals surface area contributed by atoms with Crippen LogP contribution < -0.4 is 0 Å². The van der Waals surface area contributed by atoms with Crippen LogP contribution in [0.15, 0.2) is 54.7 Å². The fraction of sp³-hybridized carbons (Fsp3) is 0.346. The van der Waals surface area contributed by atoms with Crippen LogP contribution in [0, 0.1) is 18.7 Å². The Kier molecular flexibility index (Phi) is 5.26. The second kappa shape index (κ2) is 8.22.